The van der Waals surface area contributed by atoms with E-state index in [1.807, 2.05) is 30.3 Å². The topological polar surface area (TPSA) is 63.2 Å². The standard InChI is InChI=1S/C18H21NO3S/c1-14(16-6-4-3-5-7-16)12-19-18(20)17-10-8-15(9-11-17)13-23(2,21)22/h3-11,14H,12-13H2,1-2H3,(H,19,20). The highest BCUT2D eigenvalue weighted by atomic mass is 32.2. The third kappa shape index (κ3) is 5.53. The number of sulfone groups is 1. The second-order valence-electron chi connectivity index (χ2n) is 5.79. The van der Waals surface area contributed by atoms with E-state index in [9.17, 15) is 13.2 Å². The molecule has 5 heteroatoms. The highest BCUT2D eigenvalue weighted by Crippen LogP contribution is 2.13. The molecule has 0 spiro atoms. The molecule has 23 heavy (non-hydrogen) atoms. The van der Waals surface area contributed by atoms with Gasteiger partial charge >= 0.3 is 0 Å². The third-order valence-corrected chi connectivity index (χ3v) is 4.44. The molecule has 0 saturated carbocycles. The number of hydrogen-bond acceptors (Lipinski definition) is 3. The molecule has 0 aliphatic heterocycles. The van der Waals surface area contributed by atoms with E-state index < -0.39 is 9.84 Å². The number of carbonyl (C=O) groups is 1. The molecule has 1 amide bonds. The minimum atomic E-state index is -3.06. The first-order valence-electron chi connectivity index (χ1n) is 7.45. The maximum absolute atomic E-state index is 12.1. The van der Waals surface area contributed by atoms with Gasteiger partial charge in [-0.05, 0) is 29.2 Å². The van der Waals surface area contributed by atoms with E-state index in [-0.39, 0.29) is 17.6 Å². The van der Waals surface area contributed by atoms with Crippen molar-refractivity contribution in [1.29, 1.82) is 0 Å². The zero-order chi connectivity index (χ0) is 16.9. The molecule has 2 rings (SSSR count). The molecule has 1 unspecified atom stereocenters. The SMILES string of the molecule is CC(CNC(=O)c1ccc(CS(C)(=O)=O)cc1)c1ccccc1. The fourth-order valence-electron chi connectivity index (χ4n) is 2.30. The number of hydrogen-bond donors (Lipinski definition) is 1. The van der Waals surface area contributed by atoms with Crippen LogP contribution in [0.3, 0.4) is 0 Å². The summed E-state index contributed by atoms with van der Waals surface area (Å²) < 4.78 is 22.5. The largest absolute Gasteiger partial charge is 0.351 e. The van der Waals surface area contributed by atoms with Crippen LogP contribution in [0.25, 0.3) is 0 Å². The van der Waals surface area contributed by atoms with Gasteiger partial charge in [0.2, 0.25) is 0 Å². The monoisotopic (exact) mass is 331 g/mol. The van der Waals surface area contributed by atoms with Crippen molar-refractivity contribution in [1.82, 2.24) is 5.32 Å². The number of amides is 1. The van der Waals surface area contributed by atoms with Gasteiger partial charge in [0.05, 0.1) is 5.75 Å². The smallest absolute Gasteiger partial charge is 0.251 e. The Balaban J connectivity index is 1.93. The summed E-state index contributed by atoms with van der Waals surface area (Å²) in [5.41, 5.74) is 2.39. The molecular weight excluding hydrogens is 310 g/mol. The summed E-state index contributed by atoms with van der Waals surface area (Å²) in [6, 6.07) is 16.7. The van der Waals surface area contributed by atoms with E-state index in [2.05, 4.69) is 12.2 Å². The van der Waals surface area contributed by atoms with E-state index in [4.69, 9.17) is 0 Å². The fourth-order valence-corrected chi connectivity index (χ4v) is 3.10. The molecule has 0 saturated heterocycles. The van der Waals surface area contributed by atoms with Gasteiger partial charge in [0.15, 0.2) is 9.84 Å². The number of benzene rings is 2. The Hall–Kier alpha value is -2.14. The van der Waals surface area contributed by atoms with Crippen LogP contribution in [0.4, 0.5) is 0 Å². The summed E-state index contributed by atoms with van der Waals surface area (Å²) in [5.74, 6) is 0.0586. The lowest BCUT2D eigenvalue weighted by Gasteiger charge is -2.13. The summed E-state index contributed by atoms with van der Waals surface area (Å²) in [4.78, 5) is 12.1. The van der Waals surface area contributed by atoms with Crippen LogP contribution >= 0.6 is 0 Å². The lowest BCUT2D eigenvalue weighted by Crippen LogP contribution is -2.27. The molecule has 0 aromatic heterocycles. The first-order chi connectivity index (χ1) is 10.8. The zero-order valence-electron chi connectivity index (χ0n) is 13.3. The summed E-state index contributed by atoms with van der Waals surface area (Å²) in [6.45, 7) is 2.61. The minimum absolute atomic E-state index is 0.0139. The Labute approximate surface area is 137 Å². The Morgan fingerprint density at radius 1 is 1.04 bits per heavy atom. The van der Waals surface area contributed by atoms with Gasteiger partial charge in [-0.15, -0.1) is 0 Å². The molecule has 4 nitrogen and oxygen atoms in total. The lowest BCUT2D eigenvalue weighted by atomic mass is 10.0. The van der Waals surface area contributed by atoms with Crippen molar-refractivity contribution in [2.45, 2.75) is 18.6 Å². The van der Waals surface area contributed by atoms with Crippen LogP contribution in [0.15, 0.2) is 54.6 Å². The lowest BCUT2D eigenvalue weighted by molar-refractivity contribution is 0.0951. The Kier molecular flexibility index (Phi) is 5.55. The molecule has 0 heterocycles. The maximum atomic E-state index is 12.1. The first kappa shape index (κ1) is 17.2. The molecule has 1 atom stereocenters. The van der Waals surface area contributed by atoms with Crippen LogP contribution in [0, 0.1) is 0 Å². The van der Waals surface area contributed by atoms with Gasteiger partial charge < -0.3 is 5.32 Å². The van der Waals surface area contributed by atoms with Gasteiger partial charge in [-0.25, -0.2) is 8.42 Å². The normalized spacial score (nSPS) is 12.6. The van der Waals surface area contributed by atoms with Gasteiger partial charge in [-0.1, -0.05) is 49.4 Å². The quantitative estimate of drug-likeness (QED) is 0.885. The van der Waals surface area contributed by atoms with Crippen molar-refractivity contribution in [2.75, 3.05) is 12.8 Å². The molecule has 0 radical (unpaired) electrons. The van der Waals surface area contributed by atoms with Gasteiger partial charge in [-0.3, -0.25) is 4.79 Å². The highest BCUT2D eigenvalue weighted by Gasteiger charge is 2.10. The summed E-state index contributed by atoms with van der Waals surface area (Å²) in [7, 11) is -3.06. The van der Waals surface area contributed by atoms with Crippen molar-refractivity contribution >= 4 is 15.7 Å². The van der Waals surface area contributed by atoms with Crippen molar-refractivity contribution in [3.8, 4) is 0 Å². The van der Waals surface area contributed by atoms with Gasteiger partial charge in [0.1, 0.15) is 0 Å². The Bertz CT molecular complexity index is 753. The second kappa shape index (κ2) is 7.42. The predicted octanol–water partition coefficient (Wildman–Crippen LogP) is 2.76. The molecular formula is C18H21NO3S. The van der Waals surface area contributed by atoms with E-state index in [1.165, 1.54) is 11.8 Å². The predicted molar refractivity (Wildman–Crippen MR) is 92.2 cm³/mol. The molecule has 1 N–H and O–H groups in total. The highest BCUT2D eigenvalue weighted by molar-refractivity contribution is 7.89. The van der Waals surface area contributed by atoms with Gasteiger partial charge in [0.25, 0.3) is 5.91 Å². The maximum Gasteiger partial charge on any atom is 0.251 e. The number of rotatable bonds is 6. The third-order valence-electron chi connectivity index (χ3n) is 3.58. The summed E-state index contributed by atoms with van der Waals surface area (Å²) in [5, 5.41) is 2.91. The number of carbonyl (C=O) groups excluding carboxylic acids is 1. The van der Waals surface area contributed by atoms with E-state index in [0.29, 0.717) is 17.7 Å². The molecule has 0 fully saturated rings. The van der Waals surface area contributed by atoms with Crippen LogP contribution in [0.1, 0.15) is 34.3 Å². The van der Waals surface area contributed by atoms with Crippen molar-refractivity contribution in [3.63, 3.8) is 0 Å². The Morgan fingerprint density at radius 2 is 1.65 bits per heavy atom. The summed E-state index contributed by atoms with van der Waals surface area (Å²) in [6.07, 6.45) is 1.19. The zero-order valence-corrected chi connectivity index (χ0v) is 14.1. The van der Waals surface area contributed by atoms with Gasteiger partial charge in [0, 0.05) is 18.4 Å². The fraction of sp³-hybridized carbons (Fsp3) is 0.278. The van der Waals surface area contributed by atoms with E-state index >= 15 is 0 Å². The van der Waals surface area contributed by atoms with Crippen LogP contribution in [-0.2, 0) is 15.6 Å². The van der Waals surface area contributed by atoms with Gasteiger partial charge in [-0.2, -0.15) is 0 Å². The van der Waals surface area contributed by atoms with Crippen molar-refractivity contribution in [3.05, 3.63) is 71.3 Å². The van der Waals surface area contributed by atoms with Crippen LogP contribution < -0.4 is 5.32 Å². The van der Waals surface area contributed by atoms with Crippen LogP contribution in [0.5, 0.6) is 0 Å². The molecule has 2 aromatic rings. The average Bonchev–Trinajstić information content (AvgIpc) is 2.52. The molecule has 0 bridgehead atoms. The van der Waals surface area contributed by atoms with Crippen molar-refractivity contribution < 1.29 is 13.2 Å². The van der Waals surface area contributed by atoms with E-state index in [1.54, 1.807) is 24.3 Å². The molecule has 0 aliphatic rings. The van der Waals surface area contributed by atoms with Crippen molar-refractivity contribution in [2.24, 2.45) is 0 Å². The molecule has 0 aliphatic carbocycles. The first-order valence-corrected chi connectivity index (χ1v) is 9.51. The molecule has 2 aromatic carbocycles. The van der Waals surface area contributed by atoms with Crippen LogP contribution in [-0.4, -0.2) is 27.1 Å². The second-order valence-corrected chi connectivity index (χ2v) is 7.93. The number of nitrogens with one attached hydrogen (secondary N) is 1. The van der Waals surface area contributed by atoms with E-state index in [0.717, 1.165) is 0 Å². The van der Waals surface area contributed by atoms with Crippen LogP contribution in [0.2, 0.25) is 0 Å². The average molecular weight is 331 g/mol. The molecule has 122 valence electrons. The Morgan fingerprint density at radius 3 is 2.22 bits per heavy atom. The minimum Gasteiger partial charge on any atom is -0.351 e. The summed E-state index contributed by atoms with van der Waals surface area (Å²) >= 11 is 0.